The van der Waals surface area contributed by atoms with Gasteiger partial charge in [0.15, 0.2) is 0 Å². The molecule has 0 saturated carbocycles. The van der Waals surface area contributed by atoms with E-state index in [1.165, 1.54) is 9.80 Å². The Bertz CT molecular complexity index is 1550. The van der Waals surface area contributed by atoms with E-state index >= 15 is 0 Å². The lowest BCUT2D eigenvalue weighted by molar-refractivity contribution is -0.160. The molecule has 0 aliphatic carbocycles. The number of carbonyl (C=O) groups is 4. The van der Waals surface area contributed by atoms with E-state index in [4.69, 9.17) is 10.5 Å². The van der Waals surface area contributed by atoms with E-state index in [0.29, 0.717) is 18.8 Å². The molecule has 44 heavy (non-hydrogen) atoms. The third kappa shape index (κ3) is 10.8. The summed E-state index contributed by atoms with van der Waals surface area (Å²) in [5.41, 5.74) is 10.6. The fraction of sp³-hybridized carbons (Fsp3) is 0.235. The Hall–Kier alpha value is -5.38. The van der Waals surface area contributed by atoms with Gasteiger partial charge in [-0.25, -0.2) is 4.79 Å². The predicted molar refractivity (Wildman–Crippen MR) is 165 cm³/mol. The van der Waals surface area contributed by atoms with Crippen molar-refractivity contribution in [2.75, 3.05) is 6.61 Å². The minimum absolute atomic E-state index is 0.173. The summed E-state index contributed by atoms with van der Waals surface area (Å²) < 4.78 is 4.83. The van der Waals surface area contributed by atoms with Gasteiger partial charge in [0.2, 0.25) is 0 Å². The summed E-state index contributed by atoms with van der Waals surface area (Å²) in [7, 11) is 0. The van der Waals surface area contributed by atoms with Crippen LogP contribution in [0.2, 0.25) is 0 Å². The average molecular weight is 596 g/mol. The largest absolute Gasteiger partial charge is 0.459 e. The van der Waals surface area contributed by atoms with E-state index in [2.05, 4.69) is 9.97 Å². The minimum Gasteiger partial charge on any atom is -0.459 e. The van der Waals surface area contributed by atoms with Crippen molar-refractivity contribution in [3.63, 3.8) is 0 Å². The van der Waals surface area contributed by atoms with Crippen LogP contribution in [0.15, 0.2) is 97.3 Å². The summed E-state index contributed by atoms with van der Waals surface area (Å²) in [4.78, 5) is 58.6. The van der Waals surface area contributed by atoms with Crippen LogP contribution in [0.4, 0.5) is 0 Å². The number of pyridine rings is 2. The van der Waals surface area contributed by atoms with Gasteiger partial charge in [-0.05, 0) is 56.2 Å². The van der Waals surface area contributed by atoms with Gasteiger partial charge in [-0.2, -0.15) is 0 Å². The Morgan fingerprint density at radius 1 is 0.659 bits per heavy atom. The molecule has 0 saturated heterocycles. The molecule has 0 aliphatic rings. The molecule has 0 bridgehead atoms. The van der Waals surface area contributed by atoms with Gasteiger partial charge in [-0.3, -0.25) is 24.4 Å². The van der Waals surface area contributed by atoms with Gasteiger partial charge in [-0.1, -0.05) is 71.8 Å². The van der Waals surface area contributed by atoms with E-state index in [1.54, 1.807) is 31.5 Å². The number of aromatic nitrogens is 2. The molecule has 10 heteroatoms. The average Bonchev–Trinajstić information content (AvgIpc) is 3.01. The quantitative estimate of drug-likeness (QED) is 0.229. The van der Waals surface area contributed by atoms with Crippen LogP contribution in [0.1, 0.15) is 40.6 Å². The maximum absolute atomic E-state index is 12.4. The molecule has 0 radical (unpaired) electrons. The molecular formula is C34H37N5O5. The van der Waals surface area contributed by atoms with E-state index in [-0.39, 0.29) is 19.7 Å². The second-order valence-corrected chi connectivity index (χ2v) is 10.0. The van der Waals surface area contributed by atoms with Gasteiger partial charge >= 0.3 is 23.7 Å². The van der Waals surface area contributed by atoms with Crippen molar-refractivity contribution in [1.82, 2.24) is 19.8 Å². The van der Waals surface area contributed by atoms with Gasteiger partial charge in [0.25, 0.3) is 0 Å². The molecule has 10 nitrogen and oxygen atoms in total. The highest BCUT2D eigenvalue weighted by Gasteiger charge is 2.24. The second-order valence-electron chi connectivity index (χ2n) is 10.0. The number of primary amides is 1. The molecule has 2 heterocycles. The van der Waals surface area contributed by atoms with Crippen LogP contribution in [0, 0.1) is 13.8 Å². The number of esters is 1. The highest BCUT2D eigenvalue weighted by molar-refractivity contribution is 6.34. The van der Waals surface area contributed by atoms with Crippen molar-refractivity contribution >= 4 is 23.7 Å². The first kappa shape index (κ1) is 33.1. The van der Waals surface area contributed by atoms with Crippen molar-refractivity contribution in [1.29, 1.82) is 0 Å². The van der Waals surface area contributed by atoms with Crippen LogP contribution in [-0.4, -0.2) is 50.1 Å². The van der Waals surface area contributed by atoms with Gasteiger partial charge < -0.3 is 20.3 Å². The molecule has 4 rings (SSSR count). The molecular weight excluding hydrogens is 558 g/mol. The molecule has 0 spiro atoms. The number of carbonyl (C=O) groups excluding carboxylic acids is 4. The molecule has 2 aromatic carbocycles. The summed E-state index contributed by atoms with van der Waals surface area (Å²) in [6.45, 7) is 6.96. The maximum atomic E-state index is 12.4. The standard InChI is InChI=1S/C18H20N2O3.C16H17N3O2/c1-3-23-18(22)17(21)20(13-16-9-4-5-10-19-16)12-15-8-6-7-14(2)11-15;1-12-5-4-6-13(9-12)10-19(16(21)15(17)20)11-14-7-2-3-8-18-14/h4-11H,3,12-13H2,1-2H3;2-9H,10-11H2,1H3,(H2,17,20). The summed E-state index contributed by atoms with van der Waals surface area (Å²) >= 11 is 0. The van der Waals surface area contributed by atoms with Gasteiger partial charge in [0, 0.05) is 25.5 Å². The Morgan fingerprint density at radius 2 is 1.14 bits per heavy atom. The lowest BCUT2D eigenvalue weighted by Gasteiger charge is -2.21. The summed E-state index contributed by atoms with van der Waals surface area (Å²) in [6, 6.07) is 26.5. The van der Waals surface area contributed by atoms with Gasteiger partial charge in [0.1, 0.15) is 0 Å². The molecule has 0 fully saturated rings. The smallest absolute Gasteiger partial charge is 0.397 e. The van der Waals surface area contributed by atoms with E-state index in [0.717, 1.165) is 27.9 Å². The Balaban J connectivity index is 0.000000241. The summed E-state index contributed by atoms with van der Waals surface area (Å²) in [6.07, 6.45) is 3.31. The predicted octanol–water partition coefficient (Wildman–Crippen LogP) is 3.89. The van der Waals surface area contributed by atoms with Gasteiger partial charge in [0.05, 0.1) is 31.1 Å². The Morgan fingerprint density at radius 3 is 1.52 bits per heavy atom. The molecule has 0 unspecified atom stereocenters. The highest BCUT2D eigenvalue weighted by Crippen LogP contribution is 2.13. The van der Waals surface area contributed by atoms with Gasteiger partial charge in [-0.15, -0.1) is 0 Å². The fourth-order valence-electron chi connectivity index (χ4n) is 4.31. The summed E-state index contributed by atoms with van der Waals surface area (Å²) in [5, 5.41) is 0. The number of hydrogen-bond donors (Lipinski definition) is 1. The number of ether oxygens (including phenoxy) is 1. The number of hydrogen-bond acceptors (Lipinski definition) is 7. The first-order valence-electron chi connectivity index (χ1n) is 14.1. The Kier molecular flexibility index (Phi) is 12.7. The second kappa shape index (κ2) is 16.9. The zero-order chi connectivity index (χ0) is 31.9. The maximum Gasteiger partial charge on any atom is 0.397 e. The number of benzene rings is 2. The molecule has 4 aromatic rings. The third-order valence-electron chi connectivity index (χ3n) is 6.31. The molecule has 3 amide bonds. The fourth-order valence-corrected chi connectivity index (χ4v) is 4.31. The van der Waals surface area contributed by atoms with Crippen LogP contribution in [0.5, 0.6) is 0 Å². The number of amides is 3. The van der Waals surface area contributed by atoms with Crippen LogP contribution < -0.4 is 5.73 Å². The third-order valence-corrected chi connectivity index (χ3v) is 6.31. The van der Waals surface area contributed by atoms with Crippen molar-refractivity contribution in [3.05, 3.63) is 131 Å². The monoisotopic (exact) mass is 595 g/mol. The van der Waals surface area contributed by atoms with E-state index in [9.17, 15) is 19.2 Å². The van der Waals surface area contributed by atoms with E-state index in [1.807, 2.05) is 86.6 Å². The van der Waals surface area contributed by atoms with Crippen molar-refractivity contribution in [2.45, 2.75) is 47.0 Å². The topological polar surface area (TPSA) is 136 Å². The number of nitrogens with two attached hydrogens (primary N) is 1. The highest BCUT2D eigenvalue weighted by atomic mass is 16.5. The molecule has 2 N–H and O–H groups in total. The molecule has 0 aliphatic heterocycles. The van der Waals surface area contributed by atoms with Crippen molar-refractivity contribution < 1.29 is 23.9 Å². The number of aryl methyl sites for hydroxylation is 2. The molecule has 228 valence electrons. The lowest BCUT2D eigenvalue weighted by Crippen LogP contribution is -2.39. The number of nitrogens with zero attached hydrogens (tertiary/aromatic N) is 4. The lowest BCUT2D eigenvalue weighted by atomic mass is 10.1. The SMILES string of the molecule is CCOC(=O)C(=O)N(Cc1cccc(C)c1)Cc1ccccn1.Cc1cccc(CN(Cc2ccccn2)C(=O)C(N)=O)c1. The first-order chi connectivity index (χ1) is 21.2. The first-order valence-corrected chi connectivity index (χ1v) is 14.1. The zero-order valence-electron chi connectivity index (χ0n) is 25.2. The van der Waals surface area contributed by atoms with Crippen LogP contribution in [0.3, 0.4) is 0 Å². The van der Waals surface area contributed by atoms with E-state index < -0.39 is 23.7 Å². The van der Waals surface area contributed by atoms with Crippen LogP contribution >= 0.6 is 0 Å². The zero-order valence-corrected chi connectivity index (χ0v) is 25.2. The molecule has 2 aromatic heterocycles. The number of rotatable bonds is 9. The van der Waals surface area contributed by atoms with Crippen LogP contribution in [0.25, 0.3) is 0 Å². The Labute approximate surface area is 257 Å². The van der Waals surface area contributed by atoms with Crippen molar-refractivity contribution in [2.24, 2.45) is 5.73 Å². The minimum atomic E-state index is -0.960. The van der Waals surface area contributed by atoms with Crippen molar-refractivity contribution in [3.8, 4) is 0 Å². The molecule has 0 atom stereocenters. The normalized spacial score (nSPS) is 10.2. The summed E-state index contributed by atoms with van der Waals surface area (Å²) in [5.74, 6) is -3.16. The van der Waals surface area contributed by atoms with Crippen LogP contribution in [-0.2, 0) is 50.1 Å².